The molecule has 2 amide bonds. The van der Waals surface area contributed by atoms with Gasteiger partial charge in [0.2, 0.25) is 0 Å². The van der Waals surface area contributed by atoms with Crippen LogP contribution < -0.4 is 15.1 Å². The molecule has 0 radical (unpaired) electrons. The first kappa shape index (κ1) is 15.0. The van der Waals surface area contributed by atoms with E-state index in [1.54, 1.807) is 19.0 Å². The minimum Gasteiger partial charge on any atom is -0.371 e. The minimum absolute atomic E-state index is 0.0704. The number of carbonyl (C=O) groups is 1. The van der Waals surface area contributed by atoms with Crippen LogP contribution >= 0.6 is 0 Å². The maximum atomic E-state index is 12.1. The summed E-state index contributed by atoms with van der Waals surface area (Å²) in [6.45, 7) is 4.38. The Hall–Kier alpha value is -1.91. The third-order valence-corrected chi connectivity index (χ3v) is 4.55. The van der Waals surface area contributed by atoms with Gasteiger partial charge < -0.3 is 20.0 Å². The summed E-state index contributed by atoms with van der Waals surface area (Å²) >= 11 is 0. The minimum atomic E-state index is -0.0704. The number of carbonyl (C=O) groups excluding carboxylic acids is 1. The molecule has 22 heavy (non-hydrogen) atoms. The van der Waals surface area contributed by atoms with Gasteiger partial charge in [0.25, 0.3) is 0 Å². The van der Waals surface area contributed by atoms with E-state index in [9.17, 15) is 4.79 Å². The van der Waals surface area contributed by atoms with Gasteiger partial charge in [0.1, 0.15) is 0 Å². The molecule has 120 valence electrons. The molecule has 3 rings (SSSR count). The van der Waals surface area contributed by atoms with Crippen LogP contribution in [-0.2, 0) is 0 Å². The third kappa shape index (κ3) is 3.13. The number of amides is 2. The number of anilines is 3. The molecule has 0 bridgehead atoms. The van der Waals surface area contributed by atoms with E-state index in [-0.39, 0.29) is 6.03 Å². The van der Waals surface area contributed by atoms with Crippen molar-refractivity contribution >= 4 is 23.1 Å². The summed E-state index contributed by atoms with van der Waals surface area (Å²) in [7, 11) is 3.55. The van der Waals surface area contributed by atoms with Gasteiger partial charge in [-0.2, -0.15) is 0 Å². The SMILES string of the molecule is CN(C)C(=O)Nc1cc(N2CCCC2)ccc1N1CCCC1. The highest BCUT2D eigenvalue weighted by Crippen LogP contribution is 2.34. The molecule has 2 heterocycles. The van der Waals surface area contributed by atoms with E-state index >= 15 is 0 Å². The van der Waals surface area contributed by atoms with E-state index in [0.29, 0.717) is 0 Å². The van der Waals surface area contributed by atoms with Crippen LogP contribution in [0.4, 0.5) is 21.9 Å². The van der Waals surface area contributed by atoms with Crippen molar-refractivity contribution < 1.29 is 4.79 Å². The monoisotopic (exact) mass is 302 g/mol. The molecule has 2 aliphatic heterocycles. The lowest BCUT2D eigenvalue weighted by Gasteiger charge is -2.25. The topological polar surface area (TPSA) is 38.8 Å². The first-order valence-electron chi connectivity index (χ1n) is 8.27. The van der Waals surface area contributed by atoms with Gasteiger partial charge in [-0.3, -0.25) is 0 Å². The van der Waals surface area contributed by atoms with Gasteiger partial charge in [-0.1, -0.05) is 0 Å². The second kappa shape index (κ2) is 6.46. The Labute approximate surface area is 132 Å². The van der Waals surface area contributed by atoms with Crippen LogP contribution in [0.1, 0.15) is 25.7 Å². The van der Waals surface area contributed by atoms with Crippen LogP contribution in [0.5, 0.6) is 0 Å². The Morgan fingerprint density at radius 1 is 1.00 bits per heavy atom. The van der Waals surface area contributed by atoms with Crippen molar-refractivity contribution in [3.63, 3.8) is 0 Å². The van der Waals surface area contributed by atoms with E-state index in [0.717, 1.165) is 37.6 Å². The molecule has 0 aliphatic carbocycles. The summed E-state index contributed by atoms with van der Waals surface area (Å²) in [4.78, 5) is 18.5. The van der Waals surface area contributed by atoms with Crippen molar-refractivity contribution in [1.82, 2.24) is 4.90 Å². The van der Waals surface area contributed by atoms with Gasteiger partial charge in [-0.25, -0.2) is 4.79 Å². The molecule has 1 N–H and O–H groups in total. The number of nitrogens with zero attached hydrogens (tertiary/aromatic N) is 3. The molecule has 5 nitrogen and oxygen atoms in total. The summed E-state index contributed by atoms with van der Waals surface area (Å²) < 4.78 is 0. The van der Waals surface area contributed by atoms with Gasteiger partial charge in [0.15, 0.2) is 0 Å². The fourth-order valence-electron chi connectivity index (χ4n) is 3.26. The van der Waals surface area contributed by atoms with Crippen LogP contribution in [0.2, 0.25) is 0 Å². The van der Waals surface area contributed by atoms with Crippen LogP contribution in [-0.4, -0.2) is 51.2 Å². The molecule has 0 atom stereocenters. The number of hydrogen-bond acceptors (Lipinski definition) is 3. The van der Waals surface area contributed by atoms with Crippen molar-refractivity contribution in [3.8, 4) is 0 Å². The molecule has 0 spiro atoms. The van der Waals surface area contributed by atoms with E-state index in [1.165, 1.54) is 31.4 Å². The molecular weight excluding hydrogens is 276 g/mol. The summed E-state index contributed by atoms with van der Waals surface area (Å²) in [6, 6.07) is 6.44. The van der Waals surface area contributed by atoms with E-state index < -0.39 is 0 Å². The molecule has 2 fully saturated rings. The summed E-state index contributed by atoms with van der Waals surface area (Å²) in [5.41, 5.74) is 3.30. The maximum Gasteiger partial charge on any atom is 0.321 e. The standard InChI is InChI=1S/C17H26N4O/c1-19(2)17(22)18-15-13-14(20-9-3-4-10-20)7-8-16(15)21-11-5-6-12-21/h7-8,13H,3-6,9-12H2,1-2H3,(H,18,22). The summed E-state index contributed by atoms with van der Waals surface area (Å²) in [6.07, 6.45) is 4.98. The van der Waals surface area contributed by atoms with Crippen molar-refractivity contribution in [2.75, 3.05) is 55.4 Å². The van der Waals surface area contributed by atoms with E-state index in [1.807, 2.05) is 0 Å². The predicted molar refractivity (Wildman–Crippen MR) is 92.0 cm³/mol. The molecular formula is C17H26N4O. The Morgan fingerprint density at radius 3 is 2.18 bits per heavy atom. The number of benzene rings is 1. The third-order valence-electron chi connectivity index (χ3n) is 4.55. The van der Waals surface area contributed by atoms with Gasteiger partial charge >= 0.3 is 6.03 Å². The second-order valence-corrected chi connectivity index (χ2v) is 6.41. The zero-order valence-electron chi connectivity index (χ0n) is 13.6. The quantitative estimate of drug-likeness (QED) is 0.933. The van der Waals surface area contributed by atoms with Gasteiger partial charge in [0.05, 0.1) is 11.4 Å². The zero-order valence-corrected chi connectivity index (χ0v) is 13.6. The van der Waals surface area contributed by atoms with Crippen molar-refractivity contribution in [3.05, 3.63) is 18.2 Å². The molecule has 5 heteroatoms. The summed E-state index contributed by atoms with van der Waals surface area (Å²) in [5, 5.41) is 3.07. The fraction of sp³-hybridized carbons (Fsp3) is 0.588. The normalized spacial score (nSPS) is 17.9. The van der Waals surface area contributed by atoms with Crippen LogP contribution in [0, 0.1) is 0 Å². The lowest BCUT2D eigenvalue weighted by Crippen LogP contribution is -2.29. The molecule has 1 aromatic rings. The lowest BCUT2D eigenvalue weighted by atomic mass is 10.2. The molecule has 2 aliphatic rings. The van der Waals surface area contributed by atoms with Gasteiger partial charge in [0, 0.05) is 46.0 Å². The lowest BCUT2D eigenvalue weighted by molar-refractivity contribution is 0.230. The predicted octanol–water partition coefficient (Wildman–Crippen LogP) is 2.98. The average Bonchev–Trinajstić information content (AvgIpc) is 3.20. The Balaban J connectivity index is 1.88. The highest BCUT2D eigenvalue weighted by atomic mass is 16.2. The van der Waals surface area contributed by atoms with Crippen LogP contribution in [0.25, 0.3) is 0 Å². The maximum absolute atomic E-state index is 12.1. The first-order chi connectivity index (χ1) is 10.6. The Morgan fingerprint density at radius 2 is 1.59 bits per heavy atom. The molecule has 1 aromatic carbocycles. The molecule has 0 saturated carbocycles. The second-order valence-electron chi connectivity index (χ2n) is 6.41. The molecule has 0 aromatic heterocycles. The van der Waals surface area contributed by atoms with Crippen molar-refractivity contribution in [1.29, 1.82) is 0 Å². The highest BCUT2D eigenvalue weighted by Gasteiger charge is 2.20. The number of hydrogen-bond donors (Lipinski definition) is 1. The molecule has 0 unspecified atom stereocenters. The van der Waals surface area contributed by atoms with Gasteiger partial charge in [-0.05, 0) is 43.9 Å². The van der Waals surface area contributed by atoms with Gasteiger partial charge in [-0.15, -0.1) is 0 Å². The van der Waals surface area contributed by atoms with Crippen LogP contribution in [0.3, 0.4) is 0 Å². The number of nitrogens with one attached hydrogen (secondary N) is 1. The Kier molecular flexibility index (Phi) is 4.41. The Bertz CT molecular complexity index is 531. The smallest absolute Gasteiger partial charge is 0.321 e. The van der Waals surface area contributed by atoms with E-state index in [2.05, 4.69) is 33.3 Å². The fourth-order valence-corrected chi connectivity index (χ4v) is 3.26. The highest BCUT2D eigenvalue weighted by molar-refractivity contribution is 5.94. The average molecular weight is 302 g/mol. The summed E-state index contributed by atoms with van der Waals surface area (Å²) in [5.74, 6) is 0. The molecule has 2 saturated heterocycles. The first-order valence-corrected chi connectivity index (χ1v) is 8.27. The van der Waals surface area contributed by atoms with Crippen molar-refractivity contribution in [2.24, 2.45) is 0 Å². The largest absolute Gasteiger partial charge is 0.371 e. The van der Waals surface area contributed by atoms with E-state index in [4.69, 9.17) is 0 Å². The zero-order chi connectivity index (χ0) is 15.5. The number of urea groups is 1. The van der Waals surface area contributed by atoms with Crippen molar-refractivity contribution in [2.45, 2.75) is 25.7 Å². The number of rotatable bonds is 3. The van der Waals surface area contributed by atoms with Crippen LogP contribution in [0.15, 0.2) is 18.2 Å².